The number of aromatic nitrogens is 1. The van der Waals surface area contributed by atoms with E-state index in [4.69, 9.17) is 14.2 Å². The molecule has 1 aromatic heterocycles. The number of pyridine rings is 1. The van der Waals surface area contributed by atoms with Crippen molar-refractivity contribution in [2.24, 2.45) is 0 Å². The summed E-state index contributed by atoms with van der Waals surface area (Å²) < 4.78 is 45.6. The van der Waals surface area contributed by atoms with Crippen molar-refractivity contribution in [2.45, 2.75) is 37.2 Å². The molecule has 9 nitrogen and oxygen atoms in total. The summed E-state index contributed by atoms with van der Waals surface area (Å²) in [6.45, 7) is 0.242. The van der Waals surface area contributed by atoms with Gasteiger partial charge in [0, 0.05) is 17.2 Å². The quantitative estimate of drug-likeness (QED) is 0.0725. The summed E-state index contributed by atoms with van der Waals surface area (Å²) in [6, 6.07) is 36.4. The third-order valence-corrected chi connectivity index (χ3v) is 9.71. The smallest absolute Gasteiger partial charge is 0.434 e. The number of fused-ring (bicyclic) bond motifs is 2. The highest BCUT2D eigenvalue weighted by Crippen LogP contribution is 2.35. The number of rotatable bonds is 12. The van der Waals surface area contributed by atoms with Crippen LogP contribution in [-0.2, 0) is 32.6 Å². The van der Waals surface area contributed by atoms with Gasteiger partial charge in [0.05, 0.1) is 28.7 Å². The number of benzene rings is 5. The summed E-state index contributed by atoms with van der Waals surface area (Å²) in [7, 11) is -2.94. The Labute approximate surface area is 284 Å². The highest BCUT2D eigenvalue weighted by Gasteiger charge is 2.34. The highest BCUT2D eigenvalue weighted by molar-refractivity contribution is 7.93. The van der Waals surface area contributed by atoms with Crippen LogP contribution in [-0.4, -0.2) is 32.6 Å². The predicted octanol–water partition coefficient (Wildman–Crippen LogP) is 8.25. The fraction of sp³-hybridized carbons (Fsp3) is 0.154. The molecular formula is C39H34N2O7S. The third-order valence-electron chi connectivity index (χ3n) is 8.00. The summed E-state index contributed by atoms with van der Waals surface area (Å²) in [5, 5.41) is 1.13. The van der Waals surface area contributed by atoms with Crippen LogP contribution in [0.3, 0.4) is 0 Å². The standard InChI is InChI=1S/C39H34N2O7S/c1-46-31-23-21-30(22-24-31)41(39(43)48-38-33-14-6-8-16-35(33)40-36-17-9-7-15-34(36)38)49(44,45)32-25-19-28(20-26-32)11-5-10-18-37(42)47-27-29-12-3-2-4-13-29/h2-4,6-9,12-17,19-26H,5,10-11,18,27H2,1H3. The number of esters is 1. The Balaban J connectivity index is 1.20. The van der Waals surface area contributed by atoms with Gasteiger partial charge < -0.3 is 14.2 Å². The Morgan fingerprint density at radius 1 is 0.694 bits per heavy atom. The zero-order chi connectivity index (χ0) is 34.2. The Morgan fingerprint density at radius 3 is 1.94 bits per heavy atom. The van der Waals surface area contributed by atoms with Crippen LogP contribution in [0.5, 0.6) is 11.5 Å². The van der Waals surface area contributed by atoms with E-state index in [9.17, 15) is 18.0 Å². The summed E-state index contributed by atoms with van der Waals surface area (Å²) >= 11 is 0. The van der Waals surface area contributed by atoms with E-state index < -0.39 is 16.1 Å². The summed E-state index contributed by atoms with van der Waals surface area (Å²) in [5.41, 5.74) is 3.11. The maximum atomic E-state index is 14.2. The average Bonchev–Trinajstić information content (AvgIpc) is 3.13. The van der Waals surface area contributed by atoms with Crippen LogP contribution in [0.2, 0.25) is 0 Å². The number of amides is 1. The van der Waals surface area contributed by atoms with E-state index in [1.807, 2.05) is 42.5 Å². The number of unbranched alkanes of at least 4 members (excludes halogenated alkanes) is 1. The number of carbonyl (C=O) groups is 2. The largest absolute Gasteiger partial charge is 0.497 e. The van der Waals surface area contributed by atoms with Gasteiger partial charge in [0.2, 0.25) is 0 Å². The summed E-state index contributed by atoms with van der Waals surface area (Å²) in [5.74, 6) is 0.442. The molecule has 1 amide bonds. The summed E-state index contributed by atoms with van der Waals surface area (Å²) in [4.78, 5) is 30.8. The van der Waals surface area contributed by atoms with Gasteiger partial charge in [0.25, 0.3) is 10.0 Å². The fourth-order valence-corrected chi connectivity index (χ4v) is 6.77. The molecule has 10 heteroatoms. The van der Waals surface area contributed by atoms with Crippen molar-refractivity contribution in [3.63, 3.8) is 0 Å². The Kier molecular flexibility index (Phi) is 10.2. The number of aryl methyl sites for hydroxylation is 1. The van der Waals surface area contributed by atoms with Crippen molar-refractivity contribution < 1.29 is 32.2 Å². The molecule has 5 aromatic carbocycles. The number of ether oxygens (including phenoxy) is 3. The molecule has 0 unspecified atom stereocenters. The lowest BCUT2D eigenvalue weighted by atomic mass is 10.1. The minimum absolute atomic E-state index is 0.0803. The minimum Gasteiger partial charge on any atom is -0.497 e. The maximum absolute atomic E-state index is 14.2. The van der Waals surface area contributed by atoms with Crippen LogP contribution in [0.25, 0.3) is 21.8 Å². The van der Waals surface area contributed by atoms with E-state index in [1.165, 1.54) is 31.4 Å². The molecule has 0 aliphatic rings. The molecule has 0 spiro atoms. The molecule has 1 heterocycles. The molecule has 6 aromatic rings. The Hall–Kier alpha value is -5.74. The van der Waals surface area contributed by atoms with Gasteiger partial charge >= 0.3 is 12.1 Å². The van der Waals surface area contributed by atoms with Crippen LogP contribution >= 0.6 is 0 Å². The Bertz CT molecular complexity index is 2130. The number of carbonyl (C=O) groups excluding carboxylic acids is 2. The van der Waals surface area contributed by atoms with Crippen LogP contribution in [0, 0.1) is 0 Å². The first-order valence-corrected chi connectivity index (χ1v) is 17.2. The SMILES string of the molecule is COc1ccc(N(C(=O)Oc2c3ccccc3nc3ccccc23)S(=O)(=O)c2ccc(CCCCC(=O)OCc3ccccc3)cc2)cc1. The van der Waals surface area contributed by atoms with Crippen LogP contribution < -0.4 is 13.8 Å². The number of para-hydroxylation sites is 2. The average molecular weight is 675 g/mol. The van der Waals surface area contributed by atoms with E-state index in [2.05, 4.69) is 4.98 Å². The monoisotopic (exact) mass is 674 g/mol. The Morgan fingerprint density at radius 2 is 1.31 bits per heavy atom. The molecule has 0 fully saturated rings. The van der Waals surface area contributed by atoms with Crippen molar-refractivity contribution in [1.82, 2.24) is 4.98 Å². The van der Waals surface area contributed by atoms with Crippen molar-refractivity contribution in [3.8, 4) is 11.5 Å². The second-order valence-electron chi connectivity index (χ2n) is 11.3. The van der Waals surface area contributed by atoms with Crippen LogP contribution in [0.15, 0.2) is 132 Å². The number of nitrogens with zero attached hydrogens (tertiary/aromatic N) is 2. The van der Waals surface area contributed by atoms with Crippen molar-refractivity contribution in [3.05, 3.63) is 139 Å². The van der Waals surface area contributed by atoms with Gasteiger partial charge in [-0.1, -0.05) is 66.7 Å². The lowest BCUT2D eigenvalue weighted by Gasteiger charge is -2.23. The number of anilines is 1. The lowest BCUT2D eigenvalue weighted by Crippen LogP contribution is -2.39. The van der Waals surface area contributed by atoms with Gasteiger partial charge in [-0.15, -0.1) is 0 Å². The molecule has 0 aliphatic carbocycles. The third kappa shape index (κ3) is 7.71. The topological polar surface area (TPSA) is 112 Å². The van der Waals surface area contributed by atoms with E-state index in [0.29, 0.717) is 57.5 Å². The highest BCUT2D eigenvalue weighted by atomic mass is 32.2. The predicted molar refractivity (Wildman–Crippen MR) is 188 cm³/mol. The van der Waals surface area contributed by atoms with Gasteiger partial charge in [0.1, 0.15) is 12.4 Å². The molecule has 0 saturated heterocycles. The van der Waals surface area contributed by atoms with E-state index >= 15 is 0 Å². The molecule has 0 radical (unpaired) electrons. The van der Waals surface area contributed by atoms with Gasteiger partial charge in [-0.05, 0) is 91.1 Å². The number of hydrogen-bond acceptors (Lipinski definition) is 8. The maximum Gasteiger partial charge on any atom is 0.434 e. The molecule has 6 rings (SSSR count). The molecular weight excluding hydrogens is 641 g/mol. The molecule has 0 bridgehead atoms. The zero-order valence-corrected chi connectivity index (χ0v) is 27.6. The van der Waals surface area contributed by atoms with E-state index in [-0.39, 0.29) is 28.9 Å². The van der Waals surface area contributed by atoms with Crippen molar-refractivity contribution in [2.75, 3.05) is 11.4 Å². The second-order valence-corrected chi connectivity index (χ2v) is 13.1. The lowest BCUT2D eigenvalue weighted by molar-refractivity contribution is -0.145. The normalized spacial score (nSPS) is 11.3. The first-order valence-electron chi connectivity index (χ1n) is 15.8. The van der Waals surface area contributed by atoms with Gasteiger partial charge in [-0.25, -0.2) is 18.2 Å². The molecule has 0 atom stereocenters. The first-order chi connectivity index (χ1) is 23.8. The molecule has 248 valence electrons. The first kappa shape index (κ1) is 33.2. The number of methoxy groups -OCH3 is 1. The zero-order valence-electron chi connectivity index (χ0n) is 26.8. The number of sulfonamides is 1. The van der Waals surface area contributed by atoms with Gasteiger partial charge in [-0.3, -0.25) is 4.79 Å². The minimum atomic E-state index is -4.44. The molecule has 0 aliphatic heterocycles. The molecule has 0 saturated carbocycles. The second kappa shape index (κ2) is 15.0. The van der Waals surface area contributed by atoms with Gasteiger partial charge in [0.15, 0.2) is 5.75 Å². The molecule has 0 N–H and O–H groups in total. The van der Waals surface area contributed by atoms with Crippen molar-refractivity contribution >= 4 is 49.6 Å². The molecule has 49 heavy (non-hydrogen) atoms. The number of hydrogen-bond donors (Lipinski definition) is 0. The van der Waals surface area contributed by atoms with Crippen LogP contribution in [0.1, 0.15) is 30.4 Å². The van der Waals surface area contributed by atoms with Crippen LogP contribution in [0.4, 0.5) is 10.5 Å². The van der Waals surface area contributed by atoms with E-state index in [0.717, 1.165) is 11.1 Å². The van der Waals surface area contributed by atoms with E-state index in [1.54, 1.807) is 60.7 Å². The fourth-order valence-electron chi connectivity index (χ4n) is 5.44. The van der Waals surface area contributed by atoms with Gasteiger partial charge in [-0.2, -0.15) is 4.31 Å². The van der Waals surface area contributed by atoms with Crippen molar-refractivity contribution in [1.29, 1.82) is 0 Å². The summed E-state index contributed by atoms with van der Waals surface area (Å²) in [6.07, 6.45) is 1.17.